The summed E-state index contributed by atoms with van der Waals surface area (Å²) in [5.74, 6) is 2.63. The number of para-hydroxylation sites is 1. The average Bonchev–Trinajstić information content (AvgIpc) is 3.06. The van der Waals surface area contributed by atoms with E-state index in [1.807, 2.05) is 60.9 Å². The molecule has 5 aromatic carbocycles. The number of rotatable bonds is 4. The summed E-state index contributed by atoms with van der Waals surface area (Å²) in [6.45, 7) is 0. The lowest BCUT2D eigenvalue weighted by atomic mass is 9.90. The second kappa shape index (κ2) is 9.73. The lowest BCUT2D eigenvalue weighted by Gasteiger charge is -2.32. The summed E-state index contributed by atoms with van der Waals surface area (Å²) in [6, 6.07) is 41.7. The Labute approximate surface area is 238 Å². The fraction of sp³-hybridized carbons (Fsp3) is 0.0556. The van der Waals surface area contributed by atoms with Gasteiger partial charge in [-0.25, -0.2) is 4.99 Å². The van der Waals surface area contributed by atoms with Crippen molar-refractivity contribution in [1.82, 2.24) is 15.6 Å². The van der Waals surface area contributed by atoms with Crippen LogP contribution in [0.15, 0.2) is 139 Å². The van der Waals surface area contributed by atoms with Crippen LogP contribution in [0.5, 0.6) is 11.5 Å². The molecule has 0 amide bonds. The van der Waals surface area contributed by atoms with E-state index < -0.39 is 0 Å². The number of fused-ring (bicyclic) bond motifs is 2. The fourth-order valence-electron chi connectivity index (χ4n) is 5.87. The Bertz CT molecular complexity index is 1940. The number of pyridine rings is 1. The lowest BCUT2D eigenvalue weighted by Crippen LogP contribution is -2.45. The largest absolute Gasteiger partial charge is 0.456 e. The number of aliphatic imine (C=N–C) groups is 1. The minimum atomic E-state index is -0.195. The van der Waals surface area contributed by atoms with Crippen LogP contribution in [-0.2, 0) is 0 Å². The van der Waals surface area contributed by atoms with E-state index in [1.165, 1.54) is 5.56 Å². The highest BCUT2D eigenvalue weighted by molar-refractivity contribution is 6.09. The Kier molecular flexibility index (Phi) is 5.61. The first kappa shape index (κ1) is 23.6. The minimum absolute atomic E-state index is 0.185. The molecule has 0 saturated carbocycles. The van der Waals surface area contributed by atoms with E-state index in [0.29, 0.717) is 0 Å². The van der Waals surface area contributed by atoms with E-state index in [0.717, 1.165) is 61.5 Å². The Balaban J connectivity index is 1.21. The maximum atomic E-state index is 6.32. The molecule has 3 heterocycles. The summed E-state index contributed by atoms with van der Waals surface area (Å²) in [5, 5.41) is 9.59. The number of amidine groups is 1. The van der Waals surface area contributed by atoms with Crippen molar-refractivity contribution in [3.8, 4) is 33.8 Å². The molecule has 2 aliphatic rings. The molecule has 0 fully saturated rings. The fourth-order valence-corrected chi connectivity index (χ4v) is 5.87. The van der Waals surface area contributed by atoms with Crippen molar-refractivity contribution >= 4 is 16.6 Å². The van der Waals surface area contributed by atoms with Crippen LogP contribution in [0.4, 0.5) is 0 Å². The summed E-state index contributed by atoms with van der Waals surface area (Å²) in [5.41, 5.74) is 7.67. The maximum absolute atomic E-state index is 6.32. The zero-order valence-electron chi connectivity index (χ0n) is 22.2. The third-order valence-corrected chi connectivity index (χ3v) is 7.83. The van der Waals surface area contributed by atoms with Gasteiger partial charge in [0, 0.05) is 40.0 Å². The standard InChI is InChI=1S/C36H26N4O/c1-3-10-23(11-4-1)34-38-35(24-12-5-2-6-13-24)40-36(39-34)26-20-25(21-37-22-26)27-18-19-32-33-29(27)15-9-16-30(33)28-14-7-8-17-31(28)41-32/h1-22,34,36,39H,(H,38,40). The van der Waals surface area contributed by atoms with Crippen molar-refractivity contribution in [1.29, 1.82) is 0 Å². The van der Waals surface area contributed by atoms with Gasteiger partial charge in [-0.2, -0.15) is 0 Å². The number of benzene rings is 5. The molecule has 5 nitrogen and oxygen atoms in total. The van der Waals surface area contributed by atoms with Gasteiger partial charge in [0.05, 0.1) is 0 Å². The van der Waals surface area contributed by atoms with Crippen LogP contribution in [0.25, 0.3) is 33.0 Å². The topological polar surface area (TPSA) is 58.5 Å². The van der Waals surface area contributed by atoms with Crippen LogP contribution in [-0.4, -0.2) is 10.8 Å². The third kappa shape index (κ3) is 4.15. The predicted octanol–water partition coefficient (Wildman–Crippen LogP) is 8.01. The molecule has 5 heteroatoms. The molecule has 0 bridgehead atoms. The normalized spacial score (nSPS) is 17.2. The van der Waals surface area contributed by atoms with E-state index in [-0.39, 0.29) is 12.3 Å². The first-order valence-electron chi connectivity index (χ1n) is 13.8. The van der Waals surface area contributed by atoms with Crippen molar-refractivity contribution < 1.29 is 4.74 Å². The molecule has 8 rings (SSSR count). The monoisotopic (exact) mass is 530 g/mol. The smallest absolute Gasteiger partial charge is 0.135 e. The maximum Gasteiger partial charge on any atom is 0.135 e. The number of aromatic nitrogens is 1. The Morgan fingerprint density at radius 2 is 1.37 bits per heavy atom. The van der Waals surface area contributed by atoms with Gasteiger partial charge in [-0.05, 0) is 46.3 Å². The number of nitrogens with zero attached hydrogens (tertiary/aromatic N) is 2. The van der Waals surface area contributed by atoms with Crippen molar-refractivity contribution in [3.05, 3.63) is 150 Å². The zero-order valence-corrected chi connectivity index (χ0v) is 22.2. The summed E-state index contributed by atoms with van der Waals surface area (Å²) >= 11 is 0. The predicted molar refractivity (Wildman–Crippen MR) is 164 cm³/mol. The summed E-state index contributed by atoms with van der Waals surface area (Å²) in [7, 11) is 0. The number of nitrogens with one attached hydrogen (secondary N) is 2. The van der Waals surface area contributed by atoms with Crippen LogP contribution in [0.2, 0.25) is 0 Å². The quantitative estimate of drug-likeness (QED) is 0.242. The number of hydrogen-bond donors (Lipinski definition) is 2. The van der Waals surface area contributed by atoms with Crippen LogP contribution < -0.4 is 15.4 Å². The second-order valence-corrected chi connectivity index (χ2v) is 10.3. The van der Waals surface area contributed by atoms with Gasteiger partial charge in [0.25, 0.3) is 0 Å². The van der Waals surface area contributed by atoms with Gasteiger partial charge in [0.2, 0.25) is 0 Å². The van der Waals surface area contributed by atoms with Gasteiger partial charge in [0.1, 0.15) is 29.7 Å². The summed E-state index contributed by atoms with van der Waals surface area (Å²) in [6.07, 6.45) is 3.48. The number of ether oxygens (including phenoxy) is 1. The Morgan fingerprint density at radius 1 is 0.585 bits per heavy atom. The van der Waals surface area contributed by atoms with Crippen molar-refractivity contribution in [2.24, 2.45) is 4.99 Å². The van der Waals surface area contributed by atoms with E-state index in [2.05, 4.69) is 83.4 Å². The van der Waals surface area contributed by atoms with Gasteiger partial charge in [-0.3, -0.25) is 10.3 Å². The second-order valence-electron chi connectivity index (χ2n) is 10.3. The van der Waals surface area contributed by atoms with Crippen LogP contribution >= 0.6 is 0 Å². The third-order valence-electron chi connectivity index (χ3n) is 7.83. The molecule has 0 saturated heterocycles. The molecule has 2 aliphatic heterocycles. The molecule has 196 valence electrons. The van der Waals surface area contributed by atoms with Gasteiger partial charge in [-0.1, -0.05) is 97.1 Å². The van der Waals surface area contributed by atoms with Crippen LogP contribution in [0.1, 0.15) is 29.0 Å². The van der Waals surface area contributed by atoms with Gasteiger partial charge in [-0.15, -0.1) is 0 Å². The molecule has 1 aromatic heterocycles. The van der Waals surface area contributed by atoms with Gasteiger partial charge < -0.3 is 10.1 Å². The first-order chi connectivity index (χ1) is 20.3. The highest BCUT2D eigenvalue weighted by Crippen LogP contribution is 2.48. The van der Waals surface area contributed by atoms with E-state index in [4.69, 9.17) is 14.7 Å². The van der Waals surface area contributed by atoms with Crippen molar-refractivity contribution in [2.45, 2.75) is 12.3 Å². The molecule has 2 unspecified atom stereocenters. The van der Waals surface area contributed by atoms with Crippen molar-refractivity contribution in [2.75, 3.05) is 0 Å². The first-order valence-corrected chi connectivity index (χ1v) is 13.8. The molecule has 41 heavy (non-hydrogen) atoms. The molecule has 0 radical (unpaired) electrons. The van der Waals surface area contributed by atoms with Crippen LogP contribution in [0, 0.1) is 0 Å². The van der Waals surface area contributed by atoms with Crippen molar-refractivity contribution in [3.63, 3.8) is 0 Å². The van der Waals surface area contributed by atoms with E-state index in [9.17, 15) is 0 Å². The minimum Gasteiger partial charge on any atom is -0.456 e. The molecule has 0 spiro atoms. The highest BCUT2D eigenvalue weighted by atomic mass is 16.5. The lowest BCUT2D eigenvalue weighted by molar-refractivity contribution is 0.408. The zero-order chi connectivity index (χ0) is 27.2. The van der Waals surface area contributed by atoms with Gasteiger partial charge in [0.15, 0.2) is 0 Å². The SMILES string of the molecule is c1ccc(C2=NC(c3ccccc3)NC(c3cncc(-c4ccc5c6c(cccc46)-c4ccccc4O5)c3)N2)cc1. The molecule has 0 aliphatic carbocycles. The molecular weight excluding hydrogens is 504 g/mol. The Hall–Kier alpha value is -5.26. The average molecular weight is 531 g/mol. The van der Waals surface area contributed by atoms with E-state index >= 15 is 0 Å². The molecule has 2 N–H and O–H groups in total. The summed E-state index contributed by atoms with van der Waals surface area (Å²) < 4.78 is 6.32. The highest BCUT2D eigenvalue weighted by Gasteiger charge is 2.26. The Morgan fingerprint density at radius 3 is 2.24 bits per heavy atom. The number of hydrogen-bond acceptors (Lipinski definition) is 5. The molecular formula is C36H26N4O. The molecule has 2 atom stereocenters. The molecule has 6 aromatic rings. The van der Waals surface area contributed by atoms with E-state index in [1.54, 1.807) is 0 Å². The summed E-state index contributed by atoms with van der Waals surface area (Å²) in [4.78, 5) is 9.74. The van der Waals surface area contributed by atoms with Gasteiger partial charge >= 0.3 is 0 Å². The van der Waals surface area contributed by atoms with Crippen LogP contribution in [0.3, 0.4) is 0 Å².